The van der Waals surface area contributed by atoms with Gasteiger partial charge in [-0.25, -0.2) is 0 Å². The molecule has 2 aromatic carbocycles. The van der Waals surface area contributed by atoms with Crippen molar-refractivity contribution in [2.24, 2.45) is 0 Å². The summed E-state index contributed by atoms with van der Waals surface area (Å²) in [6.45, 7) is 3.42. The van der Waals surface area contributed by atoms with Crippen LogP contribution in [0.2, 0.25) is 0 Å². The third kappa shape index (κ3) is 3.59. The summed E-state index contributed by atoms with van der Waals surface area (Å²) in [5.41, 5.74) is 3.03. The summed E-state index contributed by atoms with van der Waals surface area (Å²) in [5, 5.41) is 18.9. The third-order valence-corrected chi connectivity index (χ3v) is 3.66. The molecule has 0 spiro atoms. The summed E-state index contributed by atoms with van der Waals surface area (Å²) in [6.07, 6.45) is 3.82. The summed E-state index contributed by atoms with van der Waals surface area (Å²) in [5.74, 6) is 0.115. The van der Waals surface area contributed by atoms with Gasteiger partial charge < -0.3 is 19.8 Å². The standard InChI is InChI=1S/C18H19NO3/c20-17-11-15(12-18(21)13-17)2-1-14-3-5-16(6-4-14)19-7-9-22-10-8-19/h1-6,11-13,20-21H,7-10H2. The molecule has 4 heteroatoms. The van der Waals surface area contributed by atoms with E-state index in [1.807, 2.05) is 12.2 Å². The number of phenolic OH excluding ortho intramolecular Hbond substituents is 2. The normalized spacial score (nSPS) is 15.4. The average Bonchev–Trinajstić information content (AvgIpc) is 2.53. The fourth-order valence-corrected chi connectivity index (χ4v) is 2.52. The van der Waals surface area contributed by atoms with E-state index >= 15 is 0 Å². The molecule has 2 N–H and O–H groups in total. The number of morpholine rings is 1. The molecule has 0 saturated carbocycles. The quantitative estimate of drug-likeness (QED) is 0.855. The lowest BCUT2D eigenvalue weighted by atomic mass is 10.1. The predicted octanol–water partition coefficient (Wildman–Crippen LogP) is 3.10. The molecule has 4 nitrogen and oxygen atoms in total. The topological polar surface area (TPSA) is 52.9 Å². The Morgan fingerprint density at radius 3 is 2.05 bits per heavy atom. The summed E-state index contributed by atoms with van der Waals surface area (Å²) in [4.78, 5) is 2.31. The van der Waals surface area contributed by atoms with Crippen molar-refractivity contribution in [1.29, 1.82) is 0 Å². The van der Waals surface area contributed by atoms with Crippen LogP contribution in [0.3, 0.4) is 0 Å². The van der Waals surface area contributed by atoms with Gasteiger partial charge in [0.15, 0.2) is 0 Å². The van der Waals surface area contributed by atoms with Crippen LogP contribution in [0.5, 0.6) is 11.5 Å². The minimum absolute atomic E-state index is 0.0577. The Labute approximate surface area is 129 Å². The molecule has 0 radical (unpaired) electrons. The second-order valence-electron chi connectivity index (χ2n) is 5.31. The molecular formula is C18H19NO3. The first-order chi connectivity index (χ1) is 10.7. The van der Waals surface area contributed by atoms with Gasteiger partial charge >= 0.3 is 0 Å². The van der Waals surface area contributed by atoms with E-state index < -0.39 is 0 Å². The molecule has 1 heterocycles. The second-order valence-corrected chi connectivity index (χ2v) is 5.31. The minimum Gasteiger partial charge on any atom is -0.508 e. The van der Waals surface area contributed by atoms with Crippen molar-refractivity contribution < 1.29 is 14.9 Å². The molecule has 1 saturated heterocycles. The largest absolute Gasteiger partial charge is 0.508 e. The van der Waals surface area contributed by atoms with E-state index in [4.69, 9.17) is 4.74 Å². The van der Waals surface area contributed by atoms with Gasteiger partial charge in [-0.3, -0.25) is 0 Å². The predicted molar refractivity (Wildman–Crippen MR) is 88.2 cm³/mol. The van der Waals surface area contributed by atoms with Gasteiger partial charge in [0.1, 0.15) is 11.5 Å². The van der Waals surface area contributed by atoms with E-state index in [-0.39, 0.29) is 11.5 Å². The van der Waals surface area contributed by atoms with Crippen LogP contribution in [0, 0.1) is 0 Å². The molecular weight excluding hydrogens is 278 g/mol. The number of anilines is 1. The van der Waals surface area contributed by atoms with Crippen LogP contribution in [0.4, 0.5) is 5.69 Å². The zero-order valence-electron chi connectivity index (χ0n) is 12.3. The summed E-state index contributed by atoms with van der Waals surface area (Å²) in [7, 11) is 0. The summed E-state index contributed by atoms with van der Waals surface area (Å²) < 4.78 is 5.36. The molecule has 1 aliphatic heterocycles. The van der Waals surface area contributed by atoms with Gasteiger partial charge in [-0.15, -0.1) is 0 Å². The van der Waals surface area contributed by atoms with Crippen LogP contribution in [-0.4, -0.2) is 36.5 Å². The summed E-state index contributed by atoms with van der Waals surface area (Å²) in [6, 6.07) is 12.9. The number of phenols is 2. The fraction of sp³-hybridized carbons (Fsp3) is 0.222. The van der Waals surface area contributed by atoms with Crippen LogP contribution in [0.25, 0.3) is 12.2 Å². The molecule has 114 valence electrons. The molecule has 3 rings (SSSR count). The molecule has 2 aromatic rings. The average molecular weight is 297 g/mol. The maximum absolute atomic E-state index is 9.46. The van der Waals surface area contributed by atoms with Crippen LogP contribution in [0.15, 0.2) is 42.5 Å². The molecule has 1 fully saturated rings. The molecule has 0 unspecified atom stereocenters. The Bertz CT molecular complexity index is 638. The number of hydrogen-bond donors (Lipinski definition) is 2. The second kappa shape index (κ2) is 6.54. The van der Waals surface area contributed by atoms with Crippen LogP contribution in [0.1, 0.15) is 11.1 Å². The van der Waals surface area contributed by atoms with Crippen molar-refractivity contribution in [2.45, 2.75) is 0 Å². The van der Waals surface area contributed by atoms with Crippen molar-refractivity contribution in [3.05, 3.63) is 53.6 Å². The number of rotatable bonds is 3. The van der Waals surface area contributed by atoms with Crippen molar-refractivity contribution >= 4 is 17.8 Å². The first-order valence-electron chi connectivity index (χ1n) is 7.34. The van der Waals surface area contributed by atoms with Crippen molar-refractivity contribution in [3.8, 4) is 11.5 Å². The van der Waals surface area contributed by atoms with E-state index in [1.165, 1.54) is 11.8 Å². The van der Waals surface area contributed by atoms with Crippen LogP contribution in [-0.2, 0) is 4.74 Å². The number of aromatic hydroxyl groups is 2. The van der Waals surface area contributed by atoms with E-state index in [0.717, 1.165) is 37.4 Å². The lowest BCUT2D eigenvalue weighted by molar-refractivity contribution is 0.122. The Hall–Kier alpha value is -2.46. The maximum Gasteiger partial charge on any atom is 0.119 e. The van der Waals surface area contributed by atoms with Gasteiger partial charge in [0, 0.05) is 24.8 Å². The van der Waals surface area contributed by atoms with Crippen molar-refractivity contribution in [3.63, 3.8) is 0 Å². The molecule has 0 bridgehead atoms. The number of nitrogens with zero attached hydrogens (tertiary/aromatic N) is 1. The highest BCUT2D eigenvalue weighted by Crippen LogP contribution is 2.22. The van der Waals surface area contributed by atoms with Crippen LogP contribution < -0.4 is 4.90 Å². The molecule has 0 amide bonds. The number of ether oxygens (including phenoxy) is 1. The number of benzene rings is 2. The van der Waals surface area contributed by atoms with E-state index in [1.54, 1.807) is 12.1 Å². The lowest BCUT2D eigenvalue weighted by Crippen LogP contribution is -2.36. The molecule has 0 aromatic heterocycles. The molecule has 0 aliphatic carbocycles. The highest BCUT2D eigenvalue weighted by Gasteiger charge is 2.10. The minimum atomic E-state index is 0.0577. The highest BCUT2D eigenvalue weighted by atomic mass is 16.5. The first-order valence-corrected chi connectivity index (χ1v) is 7.34. The molecule has 1 aliphatic rings. The SMILES string of the molecule is Oc1cc(O)cc(C=Cc2ccc(N3CCOCC3)cc2)c1. The highest BCUT2D eigenvalue weighted by molar-refractivity contribution is 5.71. The van der Waals surface area contributed by atoms with Gasteiger partial charge in [0.2, 0.25) is 0 Å². The molecule has 0 atom stereocenters. The van der Waals surface area contributed by atoms with Gasteiger partial charge in [0.05, 0.1) is 13.2 Å². The van der Waals surface area contributed by atoms with Gasteiger partial charge in [-0.05, 0) is 35.4 Å². The Morgan fingerprint density at radius 1 is 0.818 bits per heavy atom. The maximum atomic E-state index is 9.46. The Balaban J connectivity index is 1.71. The smallest absolute Gasteiger partial charge is 0.119 e. The Kier molecular flexibility index (Phi) is 4.30. The third-order valence-electron chi connectivity index (χ3n) is 3.66. The van der Waals surface area contributed by atoms with E-state index in [9.17, 15) is 10.2 Å². The van der Waals surface area contributed by atoms with Crippen molar-refractivity contribution in [1.82, 2.24) is 0 Å². The Morgan fingerprint density at radius 2 is 1.41 bits per heavy atom. The monoisotopic (exact) mass is 297 g/mol. The molecule has 22 heavy (non-hydrogen) atoms. The van der Waals surface area contributed by atoms with Crippen molar-refractivity contribution in [2.75, 3.05) is 31.2 Å². The van der Waals surface area contributed by atoms with E-state index in [0.29, 0.717) is 0 Å². The fourth-order valence-electron chi connectivity index (χ4n) is 2.52. The van der Waals surface area contributed by atoms with Gasteiger partial charge in [0.25, 0.3) is 0 Å². The van der Waals surface area contributed by atoms with E-state index in [2.05, 4.69) is 29.2 Å². The first kappa shape index (κ1) is 14.5. The van der Waals surface area contributed by atoms with Gasteiger partial charge in [-0.2, -0.15) is 0 Å². The van der Waals surface area contributed by atoms with Crippen LogP contribution >= 0.6 is 0 Å². The summed E-state index contributed by atoms with van der Waals surface area (Å²) >= 11 is 0. The zero-order chi connectivity index (χ0) is 15.4. The zero-order valence-corrected chi connectivity index (χ0v) is 12.3. The number of hydrogen-bond acceptors (Lipinski definition) is 4. The van der Waals surface area contributed by atoms with Gasteiger partial charge in [-0.1, -0.05) is 24.3 Å². The lowest BCUT2D eigenvalue weighted by Gasteiger charge is -2.28.